The highest BCUT2D eigenvalue weighted by Gasteiger charge is 2.22. The van der Waals surface area contributed by atoms with E-state index < -0.39 is 0 Å². The second-order valence-electron chi connectivity index (χ2n) is 7.05. The van der Waals surface area contributed by atoms with Gasteiger partial charge in [-0.2, -0.15) is 0 Å². The first-order valence-corrected chi connectivity index (χ1v) is 9.57. The lowest BCUT2D eigenvalue weighted by Crippen LogP contribution is -2.32. The van der Waals surface area contributed by atoms with Gasteiger partial charge in [-0.05, 0) is 41.0 Å². The average molecular weight is 388 g/mol. The van der Waals surface area contributed by atoms with Crippen molar-refractivity contribution in [2.45, 2.75) is 18.9 Å². The first-order chi connectivity index (χ1) is 14.2. The first kappa shape index (κ1) is 18.9. The van der Waals surface area contributed by atoms with Crippen molar-refractivity contribution < 1.29 is 14.0 Å². The van der Waals surface area contributed by atoms with E-state index in [-0.39, 0.29) is 17.8 Å². The van der Waals surface area contributed by atoms with Gasteiger partial charge in [-0.3, -0.25) is 4.79 Å². The van der Waals surface area contributed by atoms with Crippen LogP contribution in [0, 0.1) is 5.82 Å². The minimum Gasteiger partial charge on any atom is -0.390 e. The first-order valence-electron chi connectivity index (χ1n) is 9.57. The summed E-state index contributed by atoms with van der Waals surface area (Å²) in [5.74, 6) is -0.407. The van der Waals surface area contributed by atoms with E-state index in [1.807, 2.05) is 60.7 Å². The Kier molecular flexibility index (Phi) is 5.66. The highest BCUT2D eigenvalue weighted by Crippen LogP contribution is 2.19. The van der Waals surface area contributed by atoms with Gasteiger partial charge in [-0.25, -0.2) is 4.39 Å². The topological polar surface area (TPSA) is 50.7 Å². The van der Waals surface area contributed by atoms with Crippen molar-refractivity contribution in [3.63, 3.8) is 0 Å². The van der Waals surface area contributed by atoms with E-state index in [9.17, 15) is 9.18 Å². The molecular formula is C24H21FN2O2. The number of benzene rings is 3. The van der Waals surface area contributed by atoms with Gasteiger partial charge in [0.1, 0.15) is 11.9 Å². The third kappa shape index (κ3) is 4.88. The molecule has 1 N–H and O–H groups in total. The number of oxime groups is 1. The van der Waals surface area contributed by atoms with E-state index in [4.69, 9.17) is 4.84 Å². The van der Waals surface area contributed by atoms with Gasteiger partial charge >= 0.3 is 0 Å². The van der Waals surface area contributed by atoms with Crippen molar-refractivity contribution in [3.8, 4) is 11.1 Å². The fourth-order valence-corrected chi connectivity index (χ4v) is 3.34. The van der Waals surface area contributed by atoms with Crippen molar-refractivity contribution in [2.75, 3.05) is 6.54 Å². The lowest BCUT2D eigenvalue weighted by atomic mass is 10.0. The molecule has 1 unspecified atom stereocenters. The normalized spacial score (nSPS) is 15.5. The summed E-state index contributed by atoms with van der Waals surface area (Å²) < 4.78 is 13.3. The summed E-state index contributed by atoms with van der Waals surface area (Å²) in [4.78, 5) is 17.8. The predicted octanol–water partition coefficient (Wildman–Crippen LogP) is 4.61. The van der Waals surface area contributed by atoms with Crippen LogP contribution < -0.4 is 5.32 Å². The molecule has 1 heterocycles. The molecule has 0 aromatic heterocycles. The molecule has 0 saturated carbocycles. The van der Waals surface area contributed by atoms with Crippen molar-refractivity contribution >= 4 is 11.6 Å². The molecule has 0 aliphatic carbocycles. The molecule has 5 heteroatoms. The van der Waals surface area contributed by atoms with Gasteiger partial charge in [0.05, 0.1) is 12.3 Å². The summed E-state index contributed by atoms with van der Waals surface area (Å²) in [6.07, 6.45) is 0.957. The molecule has 1 aliphatic heterocycles. The molecule has 4 rings (SSSR count). The molecule has 1 atom stereocenters. The summed E-state index contributed by atoms with van der Waals surface area (Å²) in [5, 5.41) is 6.98. The monoisotopic (exact) mass is 388 g/mol. The number of carbonyl (C=O) groups is 1. The van der Waals surface area contributed by atoms with Gasteiger partial charge < -0.3 is 10.2 Å². The Morgan fingerprint density at radius 1 is 1.00 bits per heavy atom. The molecule has 146 valence electrons. The van der Waals surface area contributed by atoms with E-state index in [1.54, 1.807) is 6.07 Å². The highest BCUT2D eigenvalue weighted by atomic mass is 19.1. The summed E-state index contributed by atoms with van der Waals surface area (Å²) >= 11 is 0. The van der Waals surface area contributed by atoms with Crippen molar-refractivity contribution in [3.05, 3.63) is 95.8 Å². The zero-order valence-electron chi connectivity index (χ0n) is 15.8. The SMILES string of the molecule is O=C(NCC1CC(Cc2cccc(F)c2)=NO1)c1ccc(-c2ccccc2)cc1. The molecule has 0 fully saturated rings. The minimum atomic E-state index is -0.260. The maximum absolute atomic E-state index is 13.3. The number of amides is 1. The Bertz CT molecular complexity index is 1020. The fourth-order valence-electron chi connectivity index (χ4n) is 3.34. The van der Waals surface area contributed by atoms with Crippen LogP contribution in [0.25, 0.3) is 11.1 Å². The lowest BCUT2D eigenvalue weighted by molar-refractivity contribution is 0.0753. The Morgan fingerprint density at radius 2 is 1.76 bits per heavy atom. The Hall–Kier alpha value is -3.47. The molecule has 0 bridgehead atoms. The predicted molar refractivity (Wildman–Crippen MR) is 111 cm³/mol. The van der Waals surface area contributed by atoms with Crippen LogP contribution in [0.1, 0.15) is 22.3 Å². The van der Waals surface area contributed by atoms with Crippen LogP contribution in [0.2, 0.25) is 0 Å². The van der Waals surface area contributed by atoms with Crippen molar-refractivity contribution in [1.29, 1.82) is 0 Å². The number of hydrogen-bond donors (Lipinski definition) is 1. The number of halogens is 1. The van der Waals surface area contributed by atoms with E-state index in [0.29, 0.717) is 24.9 Å². The van der Waals surface area contributed by atoms with Gasteiger partial charge in [0, 0.05) is 18.4 Å². The van der Waals surface area contributed by atoms with Crippen LogP contribution in [0.4, 0.5) is 4.39 Å². The van der Waals surface area contributed by atoms with E-state index >= 15 is 0 Å². The average Bonchev–Trinajstić information content (AvgIpc) is 3.20. The van der Waals surface area contributed by atoms with Gasteiger partial charge in [0.2, 0.25) is 0 Å². The molecule has 1 amide bonds. The quantitative estimate of drug-likeness (QED) is 0.670. The van der Waals surface area contributed by atoms with Crippen LogP contribution >= 0.6 is 0 Å². The second kappa shape index (κ2) is 8.69. The second-order valence-corrected chi connectivity index (χ2v) is 7.05. The Morgan fingerprint density at radius 3 is 2.52 bits per heavy atom. The largest absolute Gasteiger partial charge is 0.390 e. The van der Waals surface area contributed by atoms with Gasteiger partial charge in [0.15, 0.2) is 0 Å². The van der Waals surface area contributed by atoms with Gasteiger partial charge in [-0.15, -0.1) is 0 Å². The summed E-state index contributed by atoms with van der Waals surface area (Å²) in [7, 11) is 0. The molecule has 0 radical (unpaired) electrons. The van der Waals surface area contributed by atoms with Crippen LogP contribution in [-0.4, -0.2) is 24.3 Å². The third-order valence-corrected chi connectivity index (χ3v) is 4.84. The Labute approximate surface area is 169 Å². The van der Waals surface area contributed by atoms with Crippen molar-refractivity contribution in [2.24, 2.45) is 5.16 Å². The Balaban J connectivity index is 1.27. The number of nitrogens with zero attached hydrogens (tertiary/aromatic N) is 1. The summed E-state index contributed by atoms with van der Waals surface area (Å²) in [5.41, 5.74) is 4.49. The number of carbonyl (C=O) groups excluding carboxylic acids is 1. The summed E-state index contributed by atoms with van der Waals surface area (Å²) in [6, 6.07) is 24.0. The third-order valence-electron chi connectivity index (χ3n) is 4.84. The van der Waals surface area contributed by atoms with Crippen LogP contribution in [0.15, 0.2) is 84.0 Å². The van der Waals surface area contributed by atoms with E-state index in [2.05, 4.69) is 10.5 Å². The van der Waals surface area contributed by atoms with Crippen molar-refractivity contribution in [1.82, 2.24) is 5.32 Å². The molecule has 1 aliphatic rings. The zero-order valence-corrected chi connectivity index (χ0v) is 15.8. The van der Waals surface area contributed by atoms with Crippen LogP contribution in [0.3, 0.4) is 0 Å². The number of nitrogens with one attached hydrogen (secondary N) is 1. The fraction of sp³-hybridized carbons (Fsp3) is 0.167. The standard InChI is InChI=1S/C24H21FN2O2/c25-21-8-4-5-17(13-21)14-22-15-23(29-27-22)16-26-24(28)20-11-9-19(10-12-20)18-6-2-1-3-7-18/h1-13,23H,14-16H2,(H,26,28). The minimum absolute atomic E-state index is 0.146. The maximum atomic E-state index is 13.3. The molecule has 0 spiro atoms. The van der Waals surface area contributed by atoms with E-state index in [0.717, 1.165) is 22.4 Å². The maximum Gasteiger partial charge on any atom is 0.251 e. The van der Waals surface area contributed by atoms with Crippen LogP contribution in [0.5, 0.6) is 0 Å². The number of hydrogen-bond acceptors (Lipinski definition) is 3. The van der Waals surface area contributed by atoms with Crippen LogP contribution in [-0.2, 0) is 11.3 Å². The molecular weight excluding hydrogens is 367 g/mol. The molecule has 0 saturated heterocycles. The van der Waals surface area contributed by atoms with Gasteiger partial charge in [-0.1, -0.05) is 59.8 Å². The zero-order chi connectivity index (χ0) is 20.1. The molecule has 3 aromatic rings. The highest BCUT2D eigenvalue weighted by molar-refractivity contribution is 5.94. The molecule has 29 heavy (non-hydrogen) atoms. The number of rotatable bonds is 6. The molecule has 3 aromatic carbocycles. The van der Waals surface area contributed by atoms with Gasteiger partial charge in [0.25, 0.3) is 5.91 Å². The lowest BCUT2D eigenvalue weighted by Gasteiger charge is -2.10. The van der Waals surface area contributed by atoms with E-state index in [1.165, 1.54) is 12.1 Å². The smallest absolute Gasteiger partial charge is 0.251 e. The molecule has 4 nitrogen and oxygen atoms in total. The summed E-state index contributed by atoms with van der Waals surface area (Å²) in [6.45, 7) is 0.370.